The van der Waals surface area contributed by atoms with Gasteiger partial charge in [0.05, 0.1) is 0 Å². The highest BCUT2D eigenvalue weighted by atomic mass is 16.5. The Kier molecular flexibility index (Phi) is 7.25. The van der Waals surface area contributed by atoms with Gasteiger partial charge >= 0.3 is 0 Å². The van der Waals surface area contributed by atoms with Gasteiger partial charge in [-0.2, -0.15) is 0 Å². The highest BCUT2D eigenvalue weighted by molar-refractivity contribution is 4.80. The maximum atomic E-state index is 5.68. The second kappa shape index (κ2) is 8.16. The highest BCUT2D eigenvalue weighted by Crippen LogP contribution is 2.33. The Hall–Kier alpha value is -0.0800. The Bertz CT molecular complexity index is 204. The van der Waals surface area contributed by atoms with Gasteiger partial charge in [-0.15, -0.1) is 0 Å². The molecular weight excluding hydrogens is 222 g/mol. The molecule has 0 heterocycles. The van der Waals surface area contributed by atoms with E-state index in [9.17, 15) is 0 Å². The van der Waals surface area contributed by atoms with Gasteiger partial charge in [-0.1, -0.05) is 32.6 Å². The number of nitrogens with one attached hydrogen (secondary N) is 1. The molecule has 0 aromatic carbocycles. The van der Waals surface area contributed by atoms with Crippen molar-refractivity contribution in [2.45, 2.75) is 71.8 Å². The third kappa shape index (κ3) is 6.75. The van der Waals surface area contributed by atoms with Crippen molar-refractivity contribution in [3.05, 3.63) is 0 Å². The molecule has 18 heavy (non-hydrogen) atoms. The highest BCUT2D eigenvalue weighted by Gasteiger charge is 2.25. The van der Waals surface area contributed by atoms with Crippen molar-refractivity contribution in [2.75, 3.05) is 19.8 Å². The van der Waals surface area contributed by atoms with Gasteiger partial charge in [0.2, 0.25) is 0 Å². The molecule has 0 aromatic rings. The third-order valence-corrected chi connectivity index (χ3v) is 3.94. The molecule has 0 saturated heterocycles. The van der Waals surface area contributed by atoms with Crippen LogP contribution < -0.4 is 5.32 Å². The van der Waals surface area contributed by atoms with E-state index in [0.29, 0.717) is 0 Å². The summed E-state index contributed by atoms with van der Waals surface area (Å²) in [6.45, 7) is 12.0. The summed E-state index contributed by atoms with van der Waals surface area (Å²) in [7, 11) is 0. The summed E-state index contributed by atoms with van der Waals surface area (Å²) in [6.07, 6.45) is 8.11. The summed E-state index contributed by atoms with van der Waals surface area (Å²) >= 11 is 0. The van der Waals surface area contributed by atoms with Crippen LogP contribution in [0.2, 0.25) is 0 Å². The third-order valence-electron chi connectivity index (χ3n) is 3.94. The van der Waals surface area contributed by atoms with E-state index in [-0.39, 0.29) is 5.54 Å². The first-order valence-electron chi connectivity index (χ1n) is 7.85. The molecule has 2 nitrogen and oxygen atoms in total. The average Bonchev–Trinajstić information content (AvgIpc) is 2.80. The van der Waals surface area contributed by atoms with Crippen LogP contribution in [0.25, 0.3) is 0 Å². The molecule has 1 aliphatic rings. The minimum Gasteiger partial charge on any atom is -0.381 e. The zero-order chi connectivity index (χ0) is 13.4. The normalized spacial score (nSPS) is 19.3. The van der Waals surface area contributed by atoms with Gasteiger partial charge in [0.1, 0.15) is 0 Å². The molecule has 108 valence electrons. The number of ether oxygens (including phenoxy) is 1. The van der Waals surface area contributed by atoms with Crippen molar-refractivity contribution in [1.29, 1.82) is 0 Å². The van der Waals surface area contributed by atoms with Gasteiger partial charge in [0.25, 0.3) is 0 Å². The molecule has 0 aromatic heterocycles. The second-order valence-corrected chi connectivity index (χ2v) is 6.84. The van der Waals surface area contributed by atoms with E-state index >= 15 is 0 Å². The minimum atomic E-state index is 0.237. The second-order valence-electron chi connectivity index (χ2n) is 6.84. The summed E-state index contributed by atoms with van der Waals surface area (Å²) in [5.74, 6) is 1.74. The SMILES string of the molecule is CCCOCCC(CNC(C)(C)C)C1CCCC1. The zero-order valence-electron chi connectivity index (χ0n) is 12.9. The first kappa shape index (κ1) is 16.0. The van der Waals surface area contributed by atoms with Crippen LogP contribution in [0, 0.1) is 11.8 Å². The lowest BCUT2D eigenvalue weighted by Crippen LogP contribution is -2.40. The fourth-order valence-corrected chi connectivity index (χ4v) is 2.85. The van der Waals surface area contributed by atoms with Crippen molar-refractivity contribution in [2.24, 2.45) is 11.8 Å². The monoisotopic (exact) mass is 255 g/mol. The predicted octanol–water partition coefficient (Wildman–Crippen LogP) is 4.00. The Balaban J connectivity index is 2.31. The van der Waals surface area contributed by atoms with Crippen LogP contribution in [0.1, 0.15) is 66.2 Å². The Labute approximate surface area is 114 Å². The summed E-state index contributed by atoms with van der Waals surface area (Å²) in [6, 6.07) is 0. The Morgan fingerprint density at radius 2 is 1.83 bits per heavy atom. The average molecular weight is 255 g/mol. The van der Waals surface area contributed by atoms with Gasteiger partial charge < -0.3 is 10.1 Å². The van der Waals surface area contributed by atoms with Crippen molar-refractivity contribution >= 4 is 0 Å². The Morgan fingerprint density at radius 1 is 1.17 bits per heavy atom. The lowest BCUT2D eigenvalue weighted by molar-refractivity contribution is 0.108. The molecule has 1 rings (SSSR count). The van der Waals surface area contributed by atoms with Crippen molar-refractivity contribution in [3.63, 3.8) is 0 Å². The zero-order valence-corrected chi connectivity index (χ0v) is 12.9. The predicted molar refractivity (Wildman–Crippen MR) is 78.9 cm³/mol. The van der Waals surface area contributed by atoms with Crippen molar-refractivity contribution in [3.8, 4) is 0 Å². The topological polar surface area (TPSA) is 21.3 Å². The van der Waals surface area contributed by atoms with Crippen LogP contribution in [0.4, 0.5) is 0 Å². The number of rotatable bonds is 8. The molecule has 1 unspecified atom stereocenters. The number of hydrogen-bond acceptors (Lipinski definition) is 2. The molecule has 1 N–H and O–H groups in total. The van der Waals surface area contributed by atoms with E-state index in [1.807, 2.05) is 0 Å². The van der Waals surface area contributed by atoms with Crippen LogP contribution >= 0.6 is 0 Å². The van der Waals surface area contributed by atoms with Gasteiger partial charge in [-0.05, 0) is 52.0 Å². The molecule has 0 bridgehead atoms. The lowest BCUT2D eigenvalue weighted by Gasteiger charge is -2.29. The smallest absolute Gasteiger partial charge is 0.0469 e. The molecule has 1 aliphatic carbocycles. The van der Waals surface area contributed by atoms with Gasteiger partial charge in [0, 0.05) is 18.8 Å². The van der Waals surface area contributed by atoms with Crippen LogP contribution in [0.15, 0.2) is 0 Å². The van der Waals surface area contributed by atoms with E-state index in [0.717, 1.165) is 38.0 Å². The first-order chi connectivity index (χ1) is 8.53. The standard InChI is InChI=1S/C16H33NO/c1-5-11-18-12-10-15(13-17-16(2,3)4)14-8-6-7-9-14/h14-15,17H,5-13H2,1-4H3. The largest absolute Gasteiger partial charge is 0.381 e. The van der Waals surface area contributed by atoms with E-state index in [2.05, 4.69) is 33.0 Å². The van der Waals surface area contributed by atoms with Crippen LogP contribution in [0.3, 0.4) is 0 Å². The number of hydrogen-bond donors (Lipinski definition) is 1. The molecule has 0 aliphatic heterocycles. The minimum absolute atomic E-state index is 0.237. The molecule has 0 spiro atoms. The van der Waals surface area contributed by atoms with E-state index in [4.69, 9.17) is 4.74 Å². The van der Waals surface area contributed by atoms with Crippen LogP contribution in [-0.2, 0) is 4.74 Å². The summed E-state index contributed by atoms with van der Waals surface area (Å²) < 4.78 is 5.68. The van der Waals surface area contributed by atoms with Gasteiger partial charge in [-0.25, -0.2) is 0 Å². The first-order valence-corrected chi connectivity index (χ1v) is 7.85. The molecular formula is C16H33NO. The van der Waals surface area contributed by atoms with E-state index in [1.165, 1.54) is 32.1 Å². The maximum absolute atomic E-state index is 5.68. The fraction of sp³-hybridized carbons (Fsp3) is 1.00. The molecule has 1 saturated carbocycles. The molecule has 1 fully saturated rings. The van der Waals surface area contributed by atoms with Crippen molar-refractivity contribution in [1.82, 2.24) is 5.32 Å². The summed E-state index contributed by atoms with van der Waals surface area (Å²) in [4.78, 5) is 0. The van der Waals surface area contributed by atoms with Crippen molar-refractivity contribution < 1.29 is 4.74 Å². The summed E-state index contributed by atoms with van der Waals surface area (Å²) in [5.41, 5.74) is 0.237. The van der Waals surface area contributed by atoms with Crippen LogP contribution in [-0.4, -0.2) is 25.3 Å². The fourth-order valence-electron chi connectivity index (χ4n) is 2.85. The molecule has 2 heteroatoms. The molecule has 1 atom stereocenters. The van der Waals surface area contributed by atoms with Gasteiger partial charge in [-0.3, -0.25) is 0 Å². The quantitative estimate of drug-likeness (QED) is 0.662. The molecule has 0 radical (unpaired) electrons. The summed E-state index contributed by atoms with van der Waals surface area (Å²) in [5, 5.41) is 3.68. The maximum Gasteiger partial charge on any atom is 0.0469 e. The molecule has 0 amide bonds. The lowest BCUT2D eigenvalue weighted by atomic mass is 9.87. The Morgan fingerprint density at radius 3 is 2.39 bits per heavy atom. The van der Waals surface area contributed by atoms with E-state index < -0.39 is 0 Å². The van der Waals surface area contributed by atoms with Gasteiger partial charge in [0.15, 0.2) is 0 Å². The van der Waals surface area contributed by atoms with E-state index in [1.54, 1.807) is 0 Å². The van der Waals surface area contributed by atoms with Crippen LogP contribution in [0.5, 0.6) is 0 Å².